The number of halogens is 1. The Labute approximate surface area is 147 Å². The third-order valence-corrected chi connectivity index (χ3v) is 4.25. The number of carbonyl (C=O) groups is 1. The summed E-state index contributed by atoms with van der Waals surface area (Å²) in [5, 5.41) is 3.86. The van der Waals surface area contributed by atoms with Crippen LogP contribution in [0.4, 0.5) is 5.69 Å². The average molecular weight is 352 g/mol. The molecule has 124 valence electrons. The number of rotatable bonds is 6. The highest BCUT2D eigenvalue weighted by atomic mass is 35.5. The number of nitrogens with zero attached hydrogens (tertiary/aromatic N) is 1. The number of amides is 1. The van der Waals surface area contributed by atoms with E-state index in [4.69, 9.17) is 5.73 Å². The third-order valence-electron chi connectivity index (χ3n) is 3.24. The van der Waals surface area contributed by atoms with Crippen molar-refractivity contribution in [1.82, 2.24) is 4.98 Å². The van der Waals surface area contributed by atoms with Crippen LogP contribution in [0.5, 0.6) is 0 Å². The zero-order valence-electron chi connectivity index (χ0n) is 13.2. The molecule has 0 saturated heterocycles. The molecule has 0 aliphatic heterocycles. The van der Waals surface area contributed by atoms with Gasteiger partial charge in [-0.15, -0.1) is 24.2 Å². The average Bonchev–Trinajstić information content (AvgIpc) is 2.53. The second-order valence-corrected chi connectivity index (χ2v) is 6.41. The van der Waals surface area contributed by atoms with Gasteiger partial charge in [0.25, 0.3) is 0 Å². The van der Waals surface area contributed by atoms with Crippen LogP contribution in [0.2, 0.25) is 0 Å². The molecule has 3 N–H and O–H groups in total. The van der Waals surface area contributed by atoms with Gasteiger partial charge >= 0.3 is 0 Å². The van der Waals surface area contributed by atoms with Gasteiger partial charge in [-0.3, -0.25) is 4.79 Å². The van der Waals surface area contributed by atoms with Gasteiger partial charge in [-0.25, -0.2) is 4.98 Å². The molecular weight excluding hydrogens is 330 g/mol. The van der Waals surface area contributed by atoms with E-state index in [1.54, 1.807) is 18.0 Å². The van der Waals surface area contributed by atoms with Gasteiger partial charge in [0, 0.05) is 17.6 Å². The van der Waals surface area contributed by atoms with Crippen LogP contribution < -0.4 is 11.1 Å². The summed E-state index contributed by atoms with van der Waals surface area (Å²) in [6.07, 6.45) is 1.78. The summed E-state index contributed by atoms with van der Waals surface area (Å²) in [5.41, 5.74) is 7.77. The number of nitrogens with two attached hydrogens (primary N) is 1. The van der Waals surface area contributed by atoms with E-state index in [0.717, 1.165) is 22.0 Å². The van der Waals surface area contributed by atoms with Crippen LogP contribution in [0.25, 0.3) is 0 Å². The Morgan fingerprint density at radius 3 is 2.70 bits per heavy atom. The summed E-state index contributed by atoms with van der Waals surface area (Å²) < 4.78 is 0. The summed E-state index contributed by atoms with van der Waals surface area (Å²) in [4.78, 5) is 16.3. The molecule has 0 unspecified atom stereocenters. The van der Waals surface area contributed by atoms with E-state index in [9.17, 15) is 4.79 Å². The zero-order chi connectivity index (χ0) is 15.9. The molecule has 2 aromatic rings. The minimum absolute atomic E-state index is 0. The summed E-state index contributed by atoms with van der Waals surface area (Å²) in [5.74, 6) is 0.768. The number of pyridine rings is 1. The molecule has 1 atom stereocenters. The summed E-state index contributed by atoms with van der Waals surface area (Å²) >= 11 is 1.66. The minimum Gasteiger partial charge on any atom is -0.325 e. The van der Waals surface area contributed by atoms with Gasteiger partial charge < -0.3 is 11.1 Å². The van der Waals surface area contributed by atoms with Crippen molar-refractivity contribution < 1.29 is 4.79 Å². The lowest BCUT2D eigenvalue weighted by Crippen LogP contribution is -2.39. The highest BCUT2D eigenvalue weighted by molar-refractivity contribution is 7.98. The van der Waals surface area contributed by atoms with Crippen LogP contribution in [0.15, 0.2) is 53.7 Å². The van der Waals surface area contributed by atoms with Crippen molar-refractivity contribution in [3.63, 3.8) is 0 Å². The normalized spacial score (nSPS) is 11.7. The predicted molar refractivity (Wildman–Crippen MR) is 98.9 cm³/mol. The quantitative estimate of drug-likeness (QED) is 0.778. The molecule has 1 aromatic carbocycles. The topological polar surface area (TPSA) is 68.0 Å². The fourth-order valence-corrected chi connectivity index (χ4v) is 2.66. The Morgan fingerprint density at radius 1 is 1.26 bits per heavy atom. The Balaban J connectivity index is 0.00000264. The molecule has 4 nitrogen and oxygen atoms in total. The fraction of sp³-hybridized carbons (Fsp3) is 0.294. The number of aromatic nitrogens is 1. The summed E-state index contributed by atoms with van der Waals surface area (Å²) in [6.45, 7) is 3.87. The first-order valence-electron chi connectivity index (χ1n) is 7.25. The maximum Gasteiger partial charge on any atom is 0.241 e. The largest absolute Gasteiger partial charge is 0.325 e. The predicted octanol–water partition coefficient (Wildman–Crippen LogP) is 3.72. The van der Waals surface area contributed by atoms with Crippen LogP contribution in [0.1, 0.15) is 19.4 Å². The first kappa shape index (κ1) is 19.5. The van der Waals surface area contributed by atoms with E-state index >= 15 is 0 Å². The summed E-state index contributed by atoms with van der Waals surface area (Å²) in [7, 11) is 0. The van der Waals surface area contributed by atoms with Gasteiger partial charge in [0.05, 0.1) is 11.1 Å². The molecule has 1 amide bonds. The van der Waals surface area contributed by atoms with E-state index in [1.807, 2.05) is 56.3 Å². The monoisotopic (exact) mass is 351 g/mol. The number of nitrogens with one attached hydrogen (secondary N) is 1. The molecule has 23 heavy (non-hydrogen) atoms. The molecule has 2 rings (SSSR count). The third kappa shape index (κ3) is 6.22. The van der Waals surface area contributed by atoms with Gasteiger partial charge in [-0.05, 0) is 35.7 Å². The number of benzene rings is 1. The van der Waals surface area contributed by atoms with Gasteiger partial charge in [0.2, 0.25) is 5.91 Å². The Bertz CT molecular complexity index is 622. The smallest absolute Gasteiger partial charge is 0.241 e. The number of anilines is 1. The van der Waals surface area contributed by atoms with E-state index in [0.29, 0.717) is 0 Å². The molecule has 0 aliphatic carbocycles. The van der Waals surface area contributed by atoms with E-state index in [-0.39, 0.29) is 24.2 Å². The van der Waals surface area contributed by atoms with E-state index < -0.39 is 6.04 Å². The zero-order valence-corrected chi connectivity index (χ0v) is 14.9. The van der Waals surface area contributed by atoms with Crippen molar-refractivity contribution in [2.75, 3.05) is 5.32 Å². The maximum absolute atomic E-state index is 12.0. The van der Waals surface area contributed by atoms with Crippen LogP contribution in [0.3, 0.4) is 0 Å². The van der Waals surface area contributed by atoms with Gasteiger partial charge in [-0.2, -0.15) is 0 Å². The number of hydrogen-bond donors (Lipinski definition) is 2. The number of hydrogen-bond acceptors (Lipinski definition) is 4. The second kappa shape index (κ2) is 9.55. The lowest BCUT2D eigenvalue weighted by Gasteiger charge is -2.15. The molecule has 0 aliphatic rings. The highest BCUT2D eigenvalue weighted by Crippen LogP contribution is 2.22. The Hall–Kier alpha value is -1.56. The lowest BCUT2D eigenvalue weighted by atomic mass is 10.0. The molecule has 0 bridgehead atoms. The number of carbonyl (C=O) groups excluding carboxylic acids is 1. The highest BCUT2D eigenvalue weighted by Gasteiger charge is 2.17. The maximum atomic E-state index is 12.0. The van der Waals surface area contributed by atoms with Gasteiger partial charge in [0.1, 0.15) is 0 Å². The Morgan fingerprint density at radius 2 is 2.04 bits per heavy atom. The molecule has 1 aromatic heterocycles. The van der Waals surface area contributed by atoms with Crippen molar-refractivity contribution in [2.24, 2.45) is 11.7 Å². The van der Waals surface area contributed by atoms with Gasteiger partial charge in [-0.1, -0.05) is 32.0 Å². The van der Waals surface area contributed by atoms with E-state index in [1.165, 1.54) is 0 Å². The molecular formula is C17H22ClN3OS. The molecule has 1 heterocycles. The summed E-state index contributed by atoms with van der Waals surface area (Å²) in [6, 6.07) is 13.2. The van der Waals surface area contributed by atoms with E-state index in [2.05, 4.69) is 10.3 Å². The lowest BCUT2D eigenvalue weighted by molar-refractivity contribution is -0.118. The van der Waals surface area contributed by atoms with Crippen LogP contribution in [0, 0.1) is 5.92 Å². The molecule has 0 spiro atoms. The van der Waals surface area contributed by atoms with Gasteiger partial charge in [0.15, 0.2) is 0 Å². The van der Waals surface area contributed by atoms with Crippen LogP contribution >= 0.6 is 24.2 Å². The first-order valence-corrected chi connectivity index (χ1v) is 8.24. The molecule has 0 fully saturated rings. The fourth-order valence-electron chi connectivity index (χ4n) is 1.86. The SMILES string of the molecule is CC(C)[C@H](N)C(=O)Nc1cccc(CSc2ccccn2)c1.Cl. The number of thioether (sulfide) groups is 1. The van der Waals surface area contributed by atoms with Crippen LogP contribution in [-0.2, 0) is 10.5 Å². The standard InChI is InChI=1S/C17H21N3OS.ClH/c1-12(2)16(18)17(21)20-14-7-5-6-13(10-14)11-22-15-8-3-4-9-19-15;/h3-10,12,16H,11,18H2,1-2H3,(H,20,21);1H/t16-;/m0./s1. The second-order valence-electron chi connectivity index (χ2n) is 5.42. The Kier molecular flexibility index (Phi) is 8.09. The van der Waals surface area contributed by atoms with Crippen molar-refractivity contribution in [3.05, 3.63) is 54.2 Å². The first-order chi connectivity index (χ1) is 10.6. The molecule has 6 heteroatoms. The van der Waals surface area contributed by atoms with Crippen molar-refractivity contribution >= 4 is 35.8 Å². The molecule has 0 saturated carbocycles. The van der Waals surface area contributed by atoms with Crippen molar-refractivity contribution in [3.8, 4) is 0 Å². The van der Waals surface area contributed by atoms with Crippen molar-refractivity contribution in [2.45, 2.75) is 30.7 Å². The van der Waals surface area contributed by atoms with Crippen molar-refractivity contribution in [1.29, 1.82) is 0 Å². The van der Waals surface area contributed by atoms with Crippen LogP contribution in [-0.4, -0.2) is 16.9 Å². The molecule has 0 radical (unpaired) electrons. The minimum atomic E-state index is -0.494.